The zero-order valence-electron chi connectivity index (χ0n) is 20.3. The van der Waals surface area contributed by atoms with E-state index < -0.39 is 17.5 Å². The molecule has 1 saturated heterocycles. The molecule has 35 heavy (non-hydrogen) atoms. The van der Waals surface area contributed by atoms with Crippen LogP contribution in [0.2, 0.25) is 0 Å². The van der Waals surface area contributed by atoms with Crippen LogP contribution in [-0.4, -0.2) is 13.2 Å². The second-order valence-corrected chi connectivity index (χ2v) is 9.59. The molecule has 1 heterocycles. The quantitative estimate of drug-likeness (QED) is 0.235. The maximum atomic E-state index is 15.1. The zero-order valence-corrected chi connectivity index (χ0v) is 20.3. The zero-order chi connectivity index (χ0) is 24.5. The molecule has 1 aliphatic carbocycles. The molecule has 1 fully saturated rings. The van der Waals surface area contributed by atoms with Crippen molar-refractivity contribution in [3.8, 4) is 39.1 Å². The van der Waals surface area contributed by atoms with Gasteiger partial charge in [0.25, 0.3) is 0 Å². The van der Waals surface area contributed by atoms with Gasteiger partial charge in [-0.3, -0.25) is 0 Å². The first-order valence-corrected chi connectivity index (χ1v) is 12.7. The molecule has 2 aliphatic rings. The normalized spacial score (nSPS) is 18.5. The molecule has 0 bridgehead atoms. The minimum Gasteiger partial charge on any atom is -0.491 e. The summed E-state index contributed by atoms with van der Waals surface area (Å²) < 4.78 is 56.4. The summed E-state index contributed by atoms with van der Waals surface area (Å²) in [6.45, 7) is 5.04. The lowest BCUT2D eigenvalue weighted by Crippen LogP contribution is -2.20. The smallest absolute Gasteiger partial charge is 0.173 e. The second-order valence-electron chi connectivity index (χ2n) is 9.59. The number of ether oxygens (including phenoxy) is 2. The fraction of sp³-hybridized carbons (Fsp3) is 0.400. The molecule has 5 heteroatoms. The van der Waals surface area contributed by atoms with Crippen LogP contribution in [0, 0.1) is 23.4 Å². The lowest BCUT2D eigenvalue weighted by molar-refractivity contribution is -0.0198. The highest BCUT2D eigenvalue weighted by atomic mass is 19.2. The van der Waals surface area contributed by atoms with E-state index in [-0.39, 0.29) is 28.5 Å². The van der Waals surface area contributed by atoms with Gasteiger partial charge in [-0.2, -0.15) is 0 Å². The highest BCUT2D eigenvalue weighted by Gasteiger charge is 2.34. The van der Waals surface area contributed by atoms with Crippen molar-refractivity contribution in [3.05, 3.63) is 65.5 Å². The Labute approximate surface area is 205 Å². The molecule has 0 N–H and O–H groups in total. The van der Waals surface area contributed by atoms with Crippen LogP contribution < -0.4 is 4.74 Å². The predicted molar refractivity (Wildman–Crippen MR) is 133 cm³/mol. The van der Waals surface area contributed by atoms with Gasteiger partial charge in [0.2, 0.25) is 0 Å². The van der Waals surface area contributed by atoms with Crippen molar-refractivity contribution in [2.24, 2.45) is 5.92 Å². The number of unbranched alkanes of at least 4 members (excludes halogenated alkanes) is 2. The van der Waals surface area contributed by atoms with Crippen molar-refractivity contribution in [1.82, 2.24) is 0 Å². The van der Waals surface area contributed by atoms with Crippen molar-refractivity contribution in [1.29, 1.82) is 0 Å². The molecule has 0 aromatic heterocycles. The van der Waals surface area contributed by atoms with Gasteiger partial charge in [-0.15, -0.1) is 0 Å². The molecule has 0 radical (unpaired) electrons. The summed E-state index contributed by atoms with van der Waals surface area (Å²) in [6.07, 6.45) is 7.16. The molecule has 1 aliphatic heterocycles. The molecule has 184 valence electrons. The Morgan fingerprint density at radius 3 is 2.29 bits per heavy atom. The van der Waals surface area contributed by atoms with Gasteiger partial charge >= 0.3 is 0 Å². The van der Waals surface area contributed by atoms with Gasteiger partial charge in [0.15, 0.2) is 23.2 Å². The second kappa shape index (κ2) is 10.1. The van der Waals surface area contributed by atoms with Crippen LogP contribution in [0.25, 0.3) is 33.4 Å². The topological polar surface area (TPSA) is 18.5 Å². The summed E-state index contributed by atoms with van der Waals surface area (Å²) in [5.74, 6) is -1.95. The lowest BCUT2D eigenvalue weighted by atomic mass is 9.78. The van der Waals surface area contributed by atoms with Crippen LogP contribution in [0.4, 0.5) is 13.2 Å². The van der Waals surface area contributed by atoms with E-state index in [0.717, 1.165) is 25.0 Å². The Morgan fingerprint density at radius 2 is 1.60 bits per heavy atom. The largest absolute Gasteiger partial charge is 0.491 e. The monoisotopic (exact) mass is 480 g/mol. The standard InChI is InChI=1S/C30H31F3O2/c1-3-5-6-7-18-8-14-24(35-17-18)20-11-9-19(10-12-20)22-16-23-21-13-15-25(34-4-2)29(32)26(21)27(23)30(33)28(22)31/h9-13,15-16,18,24H,3-8,14,17H2,1-2H3. The first-order valence-electron chi connectivity index (χ1n) is 12.7. The average molecular weight is 481 g/mol. The number of fused-ring (bicyclic) bond motifs is 4. The van der Waals surface area contributed by atoms with Crippen LogP contribution >= 0.6 is 0 Å². The first-order chi connectivity index (χ1) is 17.0. The van der Waals surface area contributed by atoms with E-state index in [1.54, 1.807) is 19.1 Å². The van der Waals surface area contributed by atoms with Crippen molar-refractivity contribution in [2.45, 2.75) is 58.5 Å². The molecular formula is C30H31F3O2. The number of hydrogen-bond acceptors (Lipinski definition) is 2. The number of benzene rings is 3. The summed E-state index contributed by atoms with van der Waals surface area (Å²) in [5, 5.41) is 0. The molecule has 2 nitrogen and oxygen atoms in total. The van der Waals surface area contributed by atoms with Crippen molar-refractivity contribution < 1.29 is 22.6 Å². The van der Waals surface area contributed by atoms with Gasteiger partial charge in [0.05, 0.1) is 19.3 Å². The average Bonchev–Trinajstić information content (AvgIpc) is 2.86. The molecule has 2 unspecified atom stereocenters. The van der Waals surface area contributed by atoms with Crippen LogP contribution in [0.15, 0.2) is 42.5 Å². The molecule has 0 spiro atoms. The summed E-state index contributed by atoms with van der Waals surface area (Å²) in [4.78, 5) is 0. The highest BCUT2D eigenvalue weighted by Crippen LogP contribution is 2.53. The van der Waals surface area contributed by atoms with Crippen LogP contribution in [0.1, 0.15) is 64.0 Å². The van der Waals surface area contributed by atoms with Gasteiger partial charge in [0, 0.05) is 16.7 Å². The molecule has 0 amide bonds. The Hall–Kier alpha value is -2.79. The summed E-state index contributed by atoms with van der Waals surface area (Å²) in [5.41, 5.74) is 2.98. The number of rotatable bonds is 8. The summed E-state index contributed by atoms with van der Waals surface area (Å²) >= 11 is 0. The van der Waals surface area contributed by atoms with Gasteiger partial charge in [-0.25, -0.2) is 13.2 Å². The SMILES string of the molecule is CCCCCC1CCC(c2ccc(-c3cc4c(c(F)c3F)-c3c-4ccc(OCC)c3F)cc2)OC1. The van der Waals surface area contributed by atoms with Crippen LogP contribution in [0.5, 0.6) is 5.75 Å². The van der Waals surface area contributed by atoms with E-state index in [9.17, 15) is 4.39 Å². The van der Waals surface area contributed by atoms with E-state index in [1.807, 2.05) is 24.3 Å². The maximum Gasteiger partial charge on any atom is 0.173 e. The Bertz CT molecular complexity index is 1210. The van der Waals surface area contributed by atoms with Gasteiger partial charge in [0.1, 0.15) is 0 Å². The molecular weight excluding hydrogens is 449 g/mol. The predicted octanol–water partition coefficient (Wildman–Crippen LogP) is 8.87. The van der Waals surface area contributed by atoms with Crippen molar-refractivity contribution in [2.75, 3.05) is 13.2 Å². The Kier molecular flexibility index (Phi) is 6.88. The van der Waals surface area contributed by atoms with E-state index >= 15 is 8.78 Å². The summed E-state index contributed by atoms with van der Waals surface area (Å²) in [7, 11) is 0. The number of halogens is 3. The van der Waals surface area contributed by atoms with Gasteiger partial charge in [-0.05, 0) is 72.6 Å². The third-order valence-corrected chi connectivity index (χ3v) is 7.33. The Morgan fingerprint density at radius 1 is 0.829 bits per heavy atom. The third kappa shape index (κ3) is 4.35. The van der Waals surface area contributed by atoms with Gasteiger partial charge < -0.3 is 9.47 Å². The third-order valence-electron chi connectivity index (χ3n) is 7.33. The molecule has 3 aromatic carbocycles. The molecule has 0 saturated carbocycles. The van der Waals surface area contributed by atoms with Gasteiger partial charge in [-0.1, -0.05) is 50.5 Å². The molecule has 3 aromatic rings. The Balaban J connectivity index is 1.34. The maximum absolute atomic E-state index is 15.1. The van der Waals surface area contributed by atoms with E-state index in [4.69, 9.17) is 9.47 Å². The van der Waals surface area contributed by atoms with E-state index in [2.05, 4.69) is 6.92 Å². The van der Waals surface area contributed by atoms with Crippen molar-refractivity contribution in [3.63, 3.8) is 0 Å². The van der Waals surface area contributed by atoms with E-state index in [1.165, 1.54) is 31.7 Å². The van der Waals surface area contributed by atoms with Crippen LogP contribution in [0.3, 0.4) is 0 Å². The minimum atomic E-state index is -1.02. The first kappa shape index (κ1) is 23.9. The van der Waals surface area contributed by atoms with Crippen molar-refractivity contribution >= 4 is 0 Å². The molecule has 2 atom stereocenters. The fourth-order valence-electron chi connectivity index (χ4n) is 5.38. The van der Waals surface area contributed by atoms with Crippen LogP contribution in [-0.2, 0) is 4.74 Å². The number of hydrogen-bond donors (Lipinski definition) is 0. The van der Waals surface area contributed by atoms with E-state index in [0.29, 0.717) is 29.2 Å². The summed E-state index contributed by atoms with van der Waals surface area (Å²) in [6, 6.07) is 12.4. The minimum absolute atomic E-state index is 0.0129. The molecule has 5 rings (SSSR count). The highest BCUT2D eigenvalue weighted by molar-refractivity contribution is 6.05. The lowest BCUT2D eigenvalue weighted by Gasteiger charge is -2.29. The fourth-order valence-corrected chi connectivity index (χ4v) is 5.38.